The number of carbonyl (C=O) groups excluding carboxylic acids is 1. The van der Waals surface area contributed by atoms with E-state index in [1.54, 1.807) is 13.0 Å². The van der Waals surface area contributed by atoms with E-state index in [0.29, 0.717) is 41.7 Å². The molecule has 0 atom stereocenters. The zero-order valence-corrected chi connectivity index (χ0v) is 15.4. The molecule has 2 fully saturated rings. The molecule has 26 heavy (non-hydrogen) atoms. The van der Waals surface area contributed by atoms with Crippen molar-refractivity contribution in [2.24, 2.45) is 5.92 Å². The highest BCUT2D eigenvalue weighted by atomic mass is 16.5. The standard InChI is InChI=1S/C19H24N4O3/c1-11-20-18(26-23-11)19(2,3)22-16(24)15-9-8-14(13-6-7-13)17(21-15)25-10-12-4-5-12/h8-9,12-13H,4-7,10H2,1-3H3,(H,22,24). The first-order valence-electron chi connectivity index (χ1n) is 9.19. The number of nitrogens with one attached hydrogen (secondary N) is 1. The minimum absolute atomic E-state index is 0.288. The summed E-state index contributed by atoms with van der Waals surface area (Å²) in [6.45, 7) is 6.07. The lowest BCUT2D eigenvalue weighted by molar-refractivity contribution is 0.0888. The van der Waals surface area contributed by atoms with Gasteiger partial charge in [-0.15, -0.1) is 0 Å². The Balaban J connectivity index is 1.52. The maximum Gasteiger partial charge on any atom is 0.270 e. The molecule has 0 spiro atoms. The van der Waals surface area contributed by atoms with E-state index in [1.165, 1.54) is 12.8 Å². The zero-order valence-electron chi connectivity index (χ0n) is 15.4. The number of aromatic nitrogens is 3. The highest BCUT2D eigenvalue weighted by Crippen LogP contribution is 2.44. The van der Waals surface area contributed by atoms with Crippen LogP contribution < -0.4 is 10.1 Å². The average molecular weight is 356 g/mol. The second-order valence-electron chi connectivity index (χ2n) is 7.85. The predicted octanol–water partition coefficient (Wildman–Crippen LogP) is 3.10. The third kappa shape index (κ3) is 3.71. The van der Waals surface area contributed by atoms with Gasteiger partial charge in [0.2, 0.25) is 5.88 Å². The maximum absolute atomic E-state index is 12.7. The molecular weight excluding hydrogens is 332 g/mol. The molecule has 2 heterocycles. The highest BCUT2D eigenvalue weighted by Gasteiger charge is 2.32. The molecule has 2 aliphatic rings. The molecule has 1 amide bonds. The summed E-state index contributed by atoms with van der Waals surface area (Å²) in [6, 6.07) is 3.74. The highest BCUT2D eigenvalue weighted by molar-refractivity contribution is 5.93. The molecule has 2 aromatic heterocycles. The summed E-state index contributed by atoms with van der Waals surface area (Å²) in [6.07, 6.45) is 4.76. The number of rotatable bonds is 7. The van der Waals surface area contributed by atoms with Gasteiger partial charge in [0.1, 0.15) is 11.2 Å². The molecule has 4 rings (SSSR count). The minimum atomic E-state index is -0.787. The molecule has 0 aliphatic heterocycles. The van der Waals surface area contributed by atoms with Crippen LogP contribution in [0.3, 0.4) is 0 Å². The van der Waals surface area contributed by atoms with Crippen molar-refractivity contribution in [1.82, 2.24) is 20.4 Å². The molecule has 7 heteroatoms. The molecule has 0 saturated heterocycles. The predicted molar refractivity (Wildman–Crippen MR) is 94.0 cm³/mol. The largest absolute Gasteiger partial charge is 0.477 e. The fourth-order valence-electron chi connectivity index (χ4n) is 2.83. The van der Waals surface area contributed by atoms with Gasteiger partial charge < -0.3 is 14.6 Å². The van der Waals surface area contributed by atoms with Gasteiger partial charge in [-0.3, -0.25) is 4.79 Å². The van der Waals surface area contributed by atoms with Gasteiger partial charge in [0, 0.05) is 5.56 Å². The smallest absolute Gasteiger partial charge is 0.270 e. The zero-order chi connectivity index (χ0) is 18.3. The first kappa shape index (κ1) is 17.0. The van der Waals surface area contributed by atoms with Crippen LogP contribution >= 0.6 is 0 Å². The average Bonchev–Trinajstić information content (AvgIpc) is 3.51. The Labute approximate surface area is 152 Å². The van der Waals surface area contributed by atoms with Crippen molar-refractivity contribution in [2.75, 3.05) is 6.61 Å². The van der Waals surface area contributed by atoms with Crippen molar-refractivity contribution in [3.05, 3.63) is 35.1 Å². The van der Waals surface area contributed by atoms with Crippen LogP contribution in [-0.2, 0) is 5.54 Å². The molecule has 2 aliphatic carbocycles. The van der Waals surface area contributed by atoms with Crippen LogP contribution in [0.25, 0.3) is 0 Å². The number of nitrogens with zero attached hydrogens (tertiary/aromatic N) is 3. The fourth-order valence-corrected chi connectivity index (χ4v) is 2.83. The molecule has 2 saturated carbocycles. The molecule has 2 aromatic rings. The lowest BCUT2D eigenvalue weighted by atomic mass is 10.1. The molecule has 0 bridgehead atoms. The van der Waals surface area contributed by atoms with Gasteiger partial charge in [-0.2, -0.15) is 4.98 Å². The number of carbonyl (C=O) groups is 1. The Hall–Kier alpha value is -2.44. The third-order valence-corrected chi connectivity index (χ3v) is 4.78. The van der Waals surface area contributed by atoms with Gasteiger partial charge >= 0.3 is 0 Å². The summed E-state index contributed by atoms with van der Waals surface area (Å²) in [7, 11) is 0. The fraction of sp³-hybridized carbons (Fsp3) is 0.579. The lowest BCUT2D eigenvalue weighted by Crippen LogP contribution is -2.41. The molecule has 7 nitrogen and oxygen atoms in total. The van der Waals surface area contributed by atoms with Crippen molar-refractivity contribution < 1.29 is 14.1 Å². The van der Waals surface area contributed by atoms with Crippen LogP contribution in [-0.4, -0.2) is 27.6 Å². The summed E-state index contributed by atoms with van der Waals surface area (Å²) in [5.41, 5.74) is 0.669. The van der Waals surface area contributed by atoms with Crippen molar-refractivity contribution >= 4 is 5.91 Å². The van der Waals surface area contributed by atoms with Crippen molar-refractivity contribution in [1.29, 1.82) is 0 Å². The Bertz CT molecular complexity index is 822. The van der Waals surface area contributed by atoms with Crippen LogP contribution in [0, 0.1) is 12.8 Å². The molecule has 0 aromatic carbocycles. The van der Waals surface area contributed by atoms with E-state index in [-0.39, 0.29) is 5.91 Å². The number of hydrogen-bond donors (Lipinski definition) is 1. The van der Waals surface area contributed by atoms with Crippen molar-refractivity contribution in [3.63, 3.8) is 0 Å². The topological polar surface area (TPSA) is 90.1 Å². The van der Waals surface area contributed by atoms with Gasteiger partial charge in [-0.05, 0) is 64.4 Å². The number of hydrogen-bond acceptors (Lipinski definition) is 6. The molecule has 1 N–H and O–H groups in total. The first-order valence-corrected chi connectivity index (χ1v) is 9.19. The Morgan fingerprint density at radius 2 is 2.04 bits per heavy atom. The van der Waals surface area contributed by atoms with E-state index in [2.05, 4.69) is 20.4 Å². The van der Waals surface area contributed by atoms with E-state index in [4.69, 9.17) is 9.26 Å². The number of ether oxygens (including phenoxy) is 1. The summed E-state index contributed by atoms with van der Waals surface area (Å²) in [5.74, 6) is 2.38. The maximum atomic E-state index is 12.7. The minimum Gasteiger partial charge on any atom is -0.477 e. The number of pyridine rings is 1. The van der Waals surface area contributed by atoms with E-state index in [0.717, 1.165) is 18.4 Å². The third-order valence-electron chi connectivity index (χ3n) is 4.78. The van der Waals surface area contributed by atoms with Gasteiger partial charge in [0.25, 0.3) is 11.8 Å². The Morgan fingerprint density at radius 1 is 1.27 bits per heavy atom. The van der Waals surface area contributed by atoms with Crippen LogP contribution in [0.2, 0.25) is 0 Å². The van der Waals surface area contributed by atoms with E-state index < -0.39 is 5.54 Å². The van der Waals surface area contributed by atoms with Gasteiger partial charge in [-0.25, -0.2) is 4.98 Å². The van der Waals surface area contributed by atoms with E-state index in [9.17, 15) is 4.79 Å². The normalized spacial score (nSPS) is 17.2. The van der Waals surface area contributed by atoms with Gasteiger partial charge in [0.15, 0.2) is 5.82 Å². The monoisotopic (exact) mass is 356 g/mol. The SMILES string of the molecule is Cc1noc(C(C)(C)NC(=O)c2ccc(C3CC3)c(OCC3CC3)n2)n1. The van der Waals surface area contributed by atoms with E-state index >= 15 is 0 Å². The summed E-state index contributed by atoms with van der Waals surface area (Å²) < 4.78 is 11.1. The summed E-state index contributed by atoms with van der Waals surface area (Å²) in [5, 5.41) is 6.71. The van der Waals surface area contributed by atoms with Crippen LogP contribution in [0.4, 0.5) is 0 Å². The number of amides is 1. The van der Waals surface area contributed by atoms with Gasteiger partial charge in [-0.1, -0.05) is 11.2 Å². The summed E-state index contributed by atoms with van der Waals surface area (Å²) >= 11 is 0. The molecular formula is C19H24N4O3. The second kappa shape index (κ2) is 6.37. The van der Waals surface area contributed by atoms with Crippen LogP contribution in [0.15, 0.2) is 16.7 Å². The lowest BCUT2D eigenvalue weighted by Gasteiger charge is -2.21. The van der Waals surface area contributed by atoms with Crippen molar-refractivity contribution in [2.45, 2.75) is 57.9 Å². The molecule has 0 radical (unpaired) electrons. The first-order chi connectivity index (χ1) is 12.4. The molecule has 0 unspecified atom stereocenters. The Kier molecular flexibility index (Phi) is 4.17. The second-order valence-corrected chi connectivity index (χ2v) is 7.85. The quantitative estimate of drug-likeness (QED) is 0.820. The Morgan fingerprint density at radius 3 is 2.65 bits per heavy atom. The molecule has 138 valence electrons. The van der Waals surface area contributed by atoms with Gasteiger partial charge in [0.05, 0.1) is 6.61 Å². The van der Waals surface area contributed by atoms with Crippen LogP contribution in [0.1, 0.15) is 73.2 Å². The van der Waals surface area contributed by atoms with Crippen molar-refractivity contribution in [3.8, 4) is 5.88 Å². The number of aryl methyl sites for hydroxylation is 1. The summed E-state index contributed by atoms with van der Waals surface area (Å²) in [4.78, 5) is 21.4. The van der Waals surface area contributed by atoms with E-state index in [1.807, 2.05) is 19.9 Å². The van der Waals surface area contributed by atoms with Crippen LogP contribution in [0.5, 0.6) is 5.88 Å².